The number of fused-ring (bicyclic) bond motifs is 1. The van der Waals surface area contributed by atoms with Crippen LogP contribution in [0.3, 0.4) is 0 Å². The number of carbonyl (C=O) groups is 1. The third kappa shape index (κ3) is 3.76. The maximum Gasteiger partial charge on any atom is 0.262 e. The third-order valence-electron chi connectivity index (χ3n) is 4.57. The first-order valence-electron chi connectivity index (χ1n) is 9.00. The molecular formula is C21H19N3O2S2. The Morgan fingerprint density at radius 1 is 1.11 bits per heavy atom. The van der Waals surface area contributed by atoms with Crippen molar-refractivity contribution in [3.8, 4) is 10.4 Å². The lowest BCUT2D eigenvalue weighted by molar-refractivity contribution is -0.118. The summed E-state index contributed by atoms with van der Waals surface area (Å²) >= 11 is 3.10. The van der Waals surface area contributed by atoms with Crippen LogP contribution in [0.4, 0.5) is 0 Å². The van der Waals surface area contributed by atoms with Gasteiger partial charge >= 0.3 is 0 Å². The second kappa shape index (κ2) is 8.08. The maximum absolute atomic E-state index is 13.4. The van der Waals surface area contributed by atoms with E-state index in [-0.39, 0.29) is 17.9 Å². The second-order valence-corrected chi connectivity index (χ2v) is 8.33. The van der Waals surface area contributed by atoms with E-state index in [4.69, 9.17) is 10.7 Å². The van der Waals surface area contributed by atoms with E-state index in [1.807, 2.05) is 53.2 Å². The molecule has 0 saturated heterocycles. The number of amides is 1. The molecule has 3 heterocycles. The number of hydrogen-bond donors (Lipinski definition) is 1. The molecule has 3 aromatic heterocycles. The van der Waals surface area contributed by atoms with Gasteiger partial charge in [-0.1, -0.05) is 36.4 Å². The highest BCUT2D eigenvalue weighted by Gasteiger charge is 2.18. The minimum atomic E-state index is -0.360. The van der Waals surface area contributed by atoms with Gasteiger partial charge in [0.15, 0.2) is 0 Å². The Morgan fingerprint density at radius 3 is 2.64 bits per heavy atom. The molecule has 1 aromatic carbocycles. The minimum absolute atomic E-state index is 0.0509. The number of aromatic nitrogens is 2. The highest BCUT2D eigenvalue weighted by molar-refractivity contribution is 7.18. The van der Waals surface area contributed by atoms with Crippen molar-refractivity contribution >= 4 is 38.8 Å². The zero-order valence-corrected chi connectivity index (χ0v) is 16.8. The van der Waals surface area contributed by atoms with E-state index < -0.39 is 0 Å². The molecule has 1 amide bonds. The van der Waals surface area contributed by atoms with Gasteiger partial charge in [-0.3, -0.25) is 14.2 Å². The SMILES string of the molecule is NC(=O)CCCn1c(Cc2ccccc2)nc2scc(-c3cccs3)c2c1=O. The number of carbonyl (C=O) groups excluding carboxylic acids is 1. The summed E-state index contributed by atoms with van der Waals surface area (Å²) in [4.78, 5) is 31.2. The highest BCUT2D eigenvalue weighted by Crippen LogP contribution is 2.33. The molecule has 0 saturated carbocycles. The normalized spacial score (nSPS) is 11.1. The van der Waals surface area contributed by atoms with Crippen molar-refractivity contribution < 1.29 is 4.79 Å². The van der Waals surface area contributed by atoms with Crippen molar-refractivity contribution in [2.45, 2.75) is 25.8 Å². The van der Waals surface area contributed by atoms with Gasteiger partial charge in [0.25, 0.3) is 5.56 Å². The van der Waals surface area contributed by atoms with Crippen molar-refractivity contribution in [2.75, 3.05) is 0 Å². The minimum Gasteiger partial charge on any atom is -0.370 e. The molecule has 4 aromatic rings. The van der Waals surface area contributed by atoms with Crippen molar-refractivity contribution in [1.29, 1.82) is 0 Å². The topological polar surface area (TPSA) is 78.0 Å². The molecule has 0 atom stereocenters. The maximum atomic E-state index is 13.4. The molecule has 28 heavy (non-hydrogen) atoms. The Labute approximate surface area is 170 Å². The molecule has 0 aliphatic carbocycles. The Kier molecular flexibility index (Phi) is 5.36. The van der Waals surface area contributed by atoms with Crippen LogP contribution in [0.25, 0.3) is 20.7 Å². The van der Waals surface area contributed by atoms with E-state index in [0.29, 0.717) is 30.6 Å². The Hall–Kier alpha value is -2.77. The van der Waals surface area contributed by atoms with Crippen LogP contribution < -0.4 is 11.3 Å². The lowest BCUT2D eigenvalue weighted by Gasteiger charge is -2.13. The van der Waals surface area contributed by atoms with Gasteiger partial charge in [0.05, 0.1) is 5.39 Å². The average molecular weight is 410 g/mol. The molecule has 142 valence electrons. The van der Waals surface area contributed by atoms with Crippen molar-refractivity contribution in [2.24, 2.45) is 5.73 Å². The van der Waals surface area contributed by atoms with Crippen LogP contribution in [-0.2, 0) is 17.8 Å². The first-order valence-corrected chi connectivity index (χ1v) is 10.8. The first kappa shape index (κ1) is 18.6. The number of thiophene rings is 2. The summed E-state index contributed by atoms with van der Waals surface area (Å²) in [7, 11) is 0. The summed E-state index contributed by atoms with van der Waals surface area (Å²) in [6, 6.07) is 14.0. The number of hydrogen-bond acceptors (Lipinski definition) is 5. The molecular weight excluding hydrogens is 390 g/mol. The van der Waals surface area contributed by atoms with Crippen molar-refractivity contribution in [1.82, 2.24) is 9.55 Å². The molecule has 0 unspecified atom stereocenters. The standard InChI is InChI=1S/C21H19N3O2S2/c22-17(25)9-4-10-24-18(12-14-6-2-1-3-7-14)23-20-19(21(24)26)15(13-28-20)16-8-5-11-27-16/h1-3,5-8,11,13H,4,9-10,12H2,(H2,22,25). The molecule has 5 nitrogen and oxygen atoms in total. The summed E-state index contributed by atoms with van der Waals surface area (Å²) < 4.78 is 1.71. The monoisotopic (exact) mass is 409 g/mol. The number of benzene rings is 1. The number of primary amides is 1. The van der Waals surface area contributed by atoms with Gasteiger partial charge in [0.1, 0.15) is 10.7 Å². The van der Waals surface area contributed by atoms with E-state index in [1.54, 1.807) is 15.9 Å². The lowest BCUT2D eigenvalue weighted by atomic mass is 10.1. The van der Waals surface area contributed by atoms with Crippen molar-refractivity contribution in [3.05, 3.63) is 75.0 Å². The smallest absolute Gasteiger partial charge is 0.262 e. The van der Waals surface area contributed by atoms with Gasteiger partial charge in [0.2, 0.25) is 5.91 Å². The Bertz CT molecular complexity index is 1160. The summed E-state index contributed by atoms with van der Waals surface area (Å²) in [5.74, 6) is 0.356. The highest BCUT2D eigenvalue weighted by atomic mass is 32.1. The first-order chi connectivity index (χ1) is 13.6. The summed E-state index contributed by atoms with van der Waals surface area (Å²) in [6.45, 7) is 0.423. The molecule has 0 fully saturated rings. The van der Waals surface area contributed by atoms with E-state index in [0.717, 1.165) is 20.8 Å². The van der Waals surface area contributed by atoms with E-state index in [1.165, 1.54) is 11.3 Å². The van der Waals surface area contributed by atoms with Crippen LogP contribution in [-0.4, -0.2) is 15.5 Å². The van der Waals surface area contributed by atoms with Gasteiger partial charge in [0, 0.05) is 35.2 Å². The Morgan fingerprint density at radius 2 is 1.93 bits per heavy atom. The zero-order valence-electron chi connectivity index (χ0n) is 15.1. The van der Waals surface area contributed by atoms with Crippen LogP contribution in [0, 0.1) is 0 Å². The van der Waals surface area contributed by atoms with Crippen LogP contribution in [0.1, 0.15) is 24.2 Å². The predicted octanol–water partition coefficient (Wildman–Crippen LogP) is 4.04. The van der Waals surface area contributed by atoms with Gasteiger partial charge < -0.3 is 5.73 Å². The third-order valence-corrected chi connectivity index (χ3v) is 6.34. The van der Waals surface area contributed by atoms with Crippen molar-refractivity contribution in [3.63, 3.8) is 0 Å². The fourth-order valence-electron chi connectivity index (χ4n) is 3.23. The molecule has 4 rings (SSSR count). The summed E-state index contributed by atoms with van der Waals surface area (Å²) in [5, 5.41) is 4.66. The van der Waals surface area contributed by atoms with Crippen LogP contribution >= 0.6 is 22.7 Å². The quantitative estimate of drug-likeness (QED) is 0.500. The molecule has 0 aliphatic rings. The second-order valence-electron chi connectivity index (χ2n) is 6.52. The number of rotatable bonds is 7. The predicted molar refractivity (Wildman–Crippen MR) is 115 cm³/mol. The molecule has 0 spiro atoms. The molecule has 0 bridgehead atoms. The zero-order chi connectivity index (χ0) is 19.5. The number of nitrogens with two attached hydrogens (primary N) is 1. The fraction of sp³-hybridized carbons (Fsp3) is 0.190. The van der Waals surface area contributed by atoms with Gasteiger partial charge in [-0.05, 0) is 23.4 Å². The molecule has 7 heteroatoms. The summed E-state index contributed by atoms with van der Waals surface area (Å²) in [6.07, 6.45) is 1.33. The van der Waals surface area contributed by atoms with Gasteiger partial charge in [-0.15, -0.1) is 22.7 Å². The van der Waals surface area contributed by atoms with Gasteiger partial charge in [-0.25, -0.2) is 4.98 Å². The molecule has 2 N–H and O–H groups in total. The molecule has 0 radical (unpaired) electrons. The van der Waals surface area contributed by atoms with E-state index in [2.05, 4.69) is 0 Å². The lowest BCUT2D eigenvalue weighted by Crippen LogP contribution is -2.26. The van der Waals surface area contributed by atoms with E-state index in [9.17, 15) is 9.59 Å². The van der Waals surface area contributed by atoms with E-state index >= 15 is 0 Å². The van der Waals surface area contributed by atoms with Crippen LogP contribution in [0.5, 0.6) is 0 Å². The fourth-order valence-corrected chi connectivity index (χ4v) is 5.01. The number of nitrogens with zero attached hydrogens (tertiary/aromatic N) is 2. The molecule has 0 aliphatic heterocycles. The van der Waals surface area contributed by atoms with Gasteiger partial charge in [-0.2, -0.15) is 0 Å². The van der Waals surface area contributed by atoms with Crippen LogP contribution in [0.2, 0.25) is 0 Å². The average Bonchev–Trinajstić information content (AvgIpc) is 3.34. The van der Waals surface area contributed by atoms with Crippen LogP contribution in [0.15, 0.2) is 58.0 Å². The Balaban J connectivity index is 1.82. The summed E-state index contributed by atoms with van der Waals surface area (Å²) in [5.41, 5.74) is 7.25. The largest absolute Gasteiger partial charge is 0.370 e.